The van der Waals surface area contributed by atoms with E-state index in [1.165, 1.54) is 14.2 Å². The molecule has 1 rings (SSSR count). The van der Waals surface area contributed by atoms with E-state index in [0.29, 0.717) is 32.3 Å². The van der Waals surface area contributed by atoms with Gasteiger partial charge in [0.15, 0.2) is 0 Å². The van der Waals surface area contributed by atoms with Crippen molar-refractivity contribution in [2.24, 2.45) is 0 Å². The molecule has 1 N–H and O–H groups in total. The van der Waals surface area contributed by atoms with Crippen molar-refractivity contribution in [3.8, 4) is 0 Å². The fourth-order valence-corrected chi connectivity index (χ4v) is 2.97. The molecule has 0 radical (unpaired) electrons. The van der Waals surface area contributed by atoms with Crippen molar-refractivity contribution in [3.63, 3.8) is 0 Å². The van der Waals surface area contributed by atoms with Gasteiger partial charge in [0.25, 0.3) is 10.1 Å². The Labute approximate surface area is 126 Å². The average molecular weight is 326 g/mol. The van der Waals surface area contributed by atoms with Crippen LogP contribution in [0.15, 0.2) is 0 Å². The zero-order valence-electron chi connectivity index (χ0n) is 13.0. The van der Waals surface area contributed by atoms with Crippen LogP contribution in [0.3, 0.4) is 0 Å². The number of methoxy groups -OCH3 is 2. The number of ether oxygens (including phenoxy) is 3. The van der Waals surface area contributed by atoms with Crippen LogP contribution in [0, 0.1) is 0 Å². The van der Waals surface area contributed by atoms with Gasteiger partial charge in [-0.1, -0.05) is 0 Å². The molecule has 1 saturated heterocycles. The van der Waals surface area contributed by atoms with Gasteiger partial charge in [-0.2, -0.15) is 8.42 Å². The van der Waals surface area contributed by atoms with Crippen LogP contribution >= 0.6 is 0 Å². The van der Waals surface area contributed by atoms with E-state index in [0.717, 1.165) is 19.1 Å². The summed E-state index contributed by atoms with van der Waals surface area (Å²) in [6.45, 7) is 0.559. The molecule has 8 heteroatoms. The second-order valence-corrected chi connectivity index (χ2v) is 6.88. The lowest BCUT2D eigenvalue weighted by atomic mass is 9.92. The molecule has 0 saturated carbocycles. The summed E-state index contributed by atoms with van der Waals surface area (Å²) in [5, 5.41) is 10.7. The summed E-state index contributed by atoms with van der Waals surface area (Å²) >= 11 is 0. The minimum absolute atomic E-state index is 0.0988. The summed E-state index contributed by atoms with van der Waals surface area (Å²) in [7, 11) is -0.491. The van der Waals surface area contributed by atoms with Crippen LogP contribution in [-0.4, -0.2) is 58.8 Å². The lowest BCUT2D eigenvalue weighted by Gasteiger charge is -2.46. The van der Waals surface area contributed by atoms with Crippen LogP contribution in [0.1, 0.15) is 38.5 Å². The fourth-order valence-electron chi connectivity index (χ4n) is 2.55. The molecule has 0 amide bonds. The van der Waals surface area contributed by atoms with Crippen molar-refractivity contribution < 1.29 is 31.9 Å². The van der Waals surface area contributed by atoms with Crippen LogP contribution < -0.4 is 0 Å². The molecule has 1 unspecified atom stereocenters. The molecule has 0 aliphatic carbocycles. The minimum atomic E-state index is -3.42. The van der Waals surface area contributed by atoms with Gasteiger partial charge in [0, 0.05) is 27.1 Å². The van der Waals surface area contributed by atoms with Gasteiger partial charge in [0.1, 0.15) is 0 Å². The van der Waals surface area contributed by atoms with Crippen LogP contribution in [-0.2, 0) is 28.5 Å². The summed E-state index contributed by atoms with van der Waals surface area (Å²) in [6, 6.07) is 0. The van der Waals surface area contributed by atoms with E-state index >= 15 is 0 Å². The first-order valence-electron chi connectivity index (χ1n) is 7.10. The number of hydrogen-bond donors (Lipinski definition) is 1. The van der Waals surface area contributed by atoms with E-state index in [2.05, 4.69) is 4.18 Å². The normalized spacial score (nSPS) is 24.2. The third-order valence-electron chi connectivity index (χ3n) is 3.70. The standard InChI is InChI=1S/C13H26O7S/c1-17-13(18-2,12(14)8-4-6-10-19-12)9-5-7-11-20-21(3,15)16/h14H,4-11H2,1-3H3. The van der Waals surface area contributed by atoms with Crippen molar-refractivity contribution in [1.29, 1.82) is 0 Å². The minimum Gasteiger partial charge on any atom is -0.361 e. The Balaban J connectivity index is 2.56. The Hall–Kier alpha value is -0.250. The van der Waals surface area contributed by atoms with E-state index in [-0.39, 0.29) is 6.61 Å². The highest BCUT2D eigenvalue weighted by Gasteiger charge is 2.53. The van der Waals surface area contributed by atoms with E-state index < -0.39 is 21.7 Å². The predicted molar refractivity (Wildman–Crippen MR) is 76.1 cm³/mol. The van der Waals surface area contributed by atoms with Crippen molar-refractivity contribution in [2.45, 2.75) is 50.1 Å². The van der Waals surface area contributed by atoms with Gasteiger partial charge in [0.2, 0.25) is 11.6 Å². The molecule has 1 aliphatic rings. The summed E-state index contributed by atoms with van der Waals surface area (Å²) < 4.78 is 42.8. The van der Waals surface area contributed by atoms with Crippen molar-refractivity contribution >= 4 is 10.1 Å². The van der Waals surface area contributed by atoms with Crippen LogP contribution in [0.5, 0.6) is 0 Å². The number of aliphatic hydroxyl groups is 1. The van der Waals surface area contributed by atoms with E-state index in [9.17, 15) is 13.5 Å². The summed E-state index contributed by atoms with van der Waals surface area (Å²) in [5.74, 6) is -2.73. The summed E-state index contributed by atoms with van der Waals surface area (Å²) in [6.07, 6.45) is 4.65. The maximum Gasteiger partial charge on any atom is 0.264 e. The lowest BCUT2D eigenvalue weighted by molar-refractivity contribution is -0.397. The zero-order valence-corrected chi connectivity index (χ0v) is 13.8. The zero-order chi connectivity index (χ0) is 16.0. The molecule has 0 aromatic rings. The molecule has 1 heterocycles. The van der Waals surface area contributed by atoms with Crippen molar-refractivity contribution in [1.82, 2.24) is 0 Å². The highest BCUT2D eigenvalue weighted by molar-refractivity contribution is 7.85. The van der Waals surface area contributed by atoms with E-state index in [1.807, 2.05) is 0 Å². The molecule has 1 fully saturated rings. The molecular formula is C13H26O7S. The second-order valence-electron chi connectivity index (χ2n) is 5.23. The van der Waals surface area contributed by atoms with Gasteiger partial charge in [-0.3, -0.25) is 4.18 Å². The van der Waals surface area contributed by atoms with Crippen molar-refractivity contribution in [3.05, 3.63) is 0 Å². The maximum absolute atomic E-state index is 10.9. The molecule has 1 atom stereocenters. The third kappa shape index (κ3) is 5.15. The van der Waals surface area contributed by atoms with E-state index in [1.54, 1.807) is 0 Å². The van der Waals surface area contributed by atoms with Gasteiger partial charge in [0.05, 0.1) is 19.5 Å². The molecule has 126 valence electrons. The van der Waals surface area contributed by atoms with Crippen LogP contribution in [0.2, 0.25) is 0 Å². The third-order valence-corrected chi connectivity index (χ3v) is 4.30. The fraction of sp³-hybridized carbons (Fsp3) is 1.00. The van der Waals surface area contributed by atoms with Crippen molar-refractivity contribution in [2.75, 3.05) is 33.7 Å². The highest BCUT2D eigenvalue weighted by Crippen LogP contribution is 2.39. The van der Waals surface area contributed by atoms with Gasteiger partial charge >= 0.3 is 0 Å². The molecule has 7 nitrogen and oxygen atoms in total. The SMILES string of the molecule is COC(CCCCOS(C)(=O)=O)(OC)C1(O)CCCCO1. The Kier molecular flexibility index (Phi) is 7.02. The van der Waals surface area contributed by atoms with Gasteiger partial charge in [-0.25, -0.2) is 0 Å². The lowest BCUT2D eigenvalue weighted by Crippen LogP contribution is -2.59. The Bertz CT molecular complexity index is 397. The summed E-state index contributed by atoms with van der Waals surface area (Å²) in [5.41, 5.74) is 0. The van der Waals surface area contributed by atoms with Gasteiger partial charge in [-0.05, 0) is 25.7 Å². The maximum atomic E-state index is 10.9. The van der Waals surface area contributed by atoms with E-state index in [4.69, 9.17) is 14.2 Å². The Morgan fingerprint density at radius 3 is 2.38 bits per heavy atom. The molecule has 0 bridgehead atoms. The van der Waals surface area contributed by atoms with Gasteiger partial charge < -0.3 is 19.3 Å². The van der Waals surface area contributed by atoms with Gasteiger partial charge in [-0.15, -0.1) is 0 Å². The molecule has 1 aliphatic heterocycles. The number of hydrogen-bond acceptors (Lipinski definition) is 7. The predicted octanol–water partition coefficient (Wildman–Crippen LogP) is 1.01. The molecule has 0 aromatic heterocycles. The Morgan fingerprint density at radius 1 is 1.24 bits per heavy atom. The first-order valence-corrected chi connectivity index (χ1v) is 8.91. The van der Waals surface area contributed by atoms with Crippen LogP contribution in [0.4, 0.5) is 0 Å². The molecular weight excluding hydrogens is 300 g/mol. The highest BCUT2D eigenvalue weighted by atomic mass is 32.2. The average Bonchev–Trinajstić information content (AvgIpc) is 2.42. The monoisotopic (exact) mass is 326 g/mol. The second kappa shape index (κ2) is 7.85. The first kappa shape index (κ1) is 18.8. The quantitative estimate of drug-likeness (QED) is 0.384. The topological polar surface area (TPSA) is 91.3 Å². The smallest absolute Gasteiger partial charge is 0.264 e. The molecule has 0 aromatic carbocycles. The molecule has 21 heavy (non-hydrogen) atoms. The number of unbranched alkanes of at least 4 members (excludes halogenated alkanes) is 1. The summed E-state index contributed by atoms with van der Waals surface area (Å²) in [4.78, 5) is 0. The van der Waals surface area contributed by atoms with Crippen LogP contribution in [0.25, 0.3) is 0 Å². The Morgan fingerprint density at radius 2 is 1.90 bits per heavy atom. The first-order chi connectivity index (χ1) is 9.79. The largest absolute Gasteiger partial charge is 0.361 e. The number of rotatable bonds is 9. The molecule has 0 spiro atoms.